The predicted molar refractivity (Wildman–Crippen MR) is 117 cm³/mol. The van der Waals surface area contributed by atoms with E-state index in [1.165, 1.54) is 0 Å². The van der Waals surface area contributed by atoms with Crippen molar-refractivity contribution >= 4 is 5.97 Å². The normalized spacial score (nSPS) is 10.3. The van der Waals surface area contributed by atoms with E-state index in [9.17, 15) is 14.7 Å². The zero-order valence-electron chi connectivity index (χ0n) is 16.5. The van der Waals surface area contributed by atoms with E-state index in [0.717, 1.165) is 22.5 Å². The number of hydrogen-bond acceptors (Lipinski definition) is 2. The Labute approximate surface area is 175 Å². The first-order valence-corrected chi connectivity index (χ1v) is 9.64. The fourth-order valence-corrected chi connectivity index (χ4v) is 3.49. The highest BCUT2D eigenvalue weighted by Gasteiger charge is 2.15. The standard InChI is InChI=1S/C25H22N2O3/c1-3-5-11-22-23(27(16-6-4-2)25(30)26-22)17-18-12-14-19(15-13-18)20-9-7-8-10-21(20)24(28)29/h1-2,7-10,12-15H,5-6,11,16-17H2,(H,26,30)(H,28,29). The van der Waals surface area contributed by atoms with E-state index >= 15 is 0 Å². The summed E-state index contributed by atoms with van der Waals surface area (Å²) in [5, 5.41) is 9.42. The second-order valence-electron chi connectivity index (χ2n) is 6.89. The zero-order chi connectivity index (χ0) is 21.5. The van der Waals surface area contributed by atoms with Crippen LogP contribution in [0.3, 0.4) is 0 Å². The van der Waals surface area contributed by atoms with E-state index in [0.29, 0.717) is 37.8 Å². The Bertz CT molecular complexity index is 1180. The third kappa shape index (κ3) is 4.54. The summed E-state index contributed by atoms with van der Waals surface area (Å²) in [6.07, 6.45) is 12.9. The molecule has 0 aliphatic carbocycles. The second-order valence-corrected chi connectivity index (χ2v) is 6.89. The molecule has 0 aliphatic heterocycles. The minimum atomic E-state index is -0.960. The number of aromatic carboxylic acids is 1. The van der Waals surface area contributed by atoms with Crippen molar-refractivity contribution in [3.63, 3.8) is 0 Å². The number of nitrogens with zero attached hydrogens (tertiary/aromatic N) is 1. The Morgan fingerprint density at radius 1 is 1.03 bits per heavy atom. The number of carbonyl (C=O) groups is 1. The van der Waals surface area contributed by atoms with Gasteiger partial charge in [0.2, 0.25) is 0 Å². The van der Waals surface area contributed by atoms with Crippen molar-refractivity contribution in [2.75, 3.05) is 0 Å². The molecular formula is C25H22N2O3. The van der Waals surface area contributed by atoms with E-state index in [4.69, 9.17) is 12.8 Å². The second kappa shape index (κ2) is 9.49. The summed E-state index contributed by atoms with van der Waals surface area (Å²) in [6.45, 7) is 0.446. The molecular weight excluding hydrogens is 376 g/mol. The Morgan fingerprint density at radius 2 is 1.73 bits per heavy atom. The monoisotopic (exact) mass is 398 g/mol. The molecule has 2 N–H and O–H groups in total. The molecule has 5 heteroatoms. The Morgan fingerprint density at radius 3 is 2.40 bits per heavy atom. The van der Waals surface area contributed by atoms with Crippen molar-refractivity contribution in [1.82, 2.24) is 9.55 Å². The highest BCUT2D eigenvalue weighted by molar-refractivity contribution is 5.95. The lowest BCUT2D eigenvalue weighted by molar-refractivity contribution is 0.0697. The molecule has 150 valence electrons. The number of carboxylic acids is 1. The molecule has 5 nitrogen and oxygen atoms in total. The number of terminal acetylenes is 2. The summed E-state index contributed by atoms with van der Waals surface area (Å²) < 4.78 is 1.68. The van der Waals surface area contributed by atoms with E-state index in [-0.39, 0.29) is 11.3 Å². The van der Waals surface area contributed by atoms with E-state index in [1.807, 2.05) is 30.3 Å². The number of rotatable bonds is 8. The number of carboxylic acid groups (broad SMARTS) is 1. The van der Waals surface area contributed by atoms with Crippen LogP contribution in [0.1, 0.15) is 40.2 Å². The average Bonchev–Trinajstić information content (AvgIpc) is 3.05. The summed E-state index contributed by atoms with van der Waals surface area (Å²) in [7, 11) is 0. The van der Waals surface area contributed by atoms with Crippen LogP contribution in [0.15, 0.2) is 53.3 Å². The lowest BCUT2D eigenvalue weighted by Gasteiger charge is -2.10. The van der Waals surface area contributed by atoms with Crippen LogP contribution < -0.4 is 5.69 Å². The lowest BCUT2D eigenvalue weighted by Crippen LogP contribution is -2.19. The van der Waals surface area contributed by atoms with Crippen molar-refractivity contribution in [2.45, 2.75) is 32.2 Å². The molecule has 2 aromatic carbocycles. The van der Waals surface area contributed by atoms with Crippen molar-refractivity contribution in [3.05, 3.63) is 81.5 Å². The van der Waals surface area contributed by atoms with E-state index < -0.39 is 5.97 Å². The predicted octanol–water partition coefficient (Wildman–Crippen LogP) is 3.72. The molecule has 0 fully saturated rings. The van der Waals surface area contributed by atoms with Crippen LogP contribution in [-0.4, -0.2) is 20.6 Å². The van der Waals surface area contributed by atoms with Crippen LogP contribution in [0.2, 0.25) is 0 Å². The molecule has 0 radical (unpaired) electrons. The molecule has 1 aromatic heterocycles. The largest absolute Gasteiger partial charge is 0.478 e. The molecule has 30 heavy (non-hydrogen) atoms. The average molecular weight is 398 g/mol. The lowest BCUT2D eigenvalue weighted by atomic mass is 9.97. The van der Waals surface area contributed by atoms with Gasteiger partial charge >= 0.3 is 11.7 Å². The molecule has 3 aromatic rings. The highest BCUT2D eigenvalue weighted by atomic mass is 16.4. The van der Waals surface area contributed by atoms with Crippen LogP contribution in [0.25, 0.3) is 11.1 Å². The van der Waals surface area contributed by atoms with Crippen molar-refractivity contribution < 1.29 is 9.90 Å². The van der Waals surface area contributed by atoms with Gasteiger partial charge in [-0.15, -0.1) is 24.7 Å². The number of aryl methyl sites for hydroxylation is 1. The first kappa shape index (κ1) is 20.8. The Hall–Kier alpha value is -3.96. The maximum Gasteiger partial charge on any atom is 0.336 e. The molecule has 0 spiro atoms. The van der Waals surface area contributed by atoms with Gasteiger partial charge in [0.25, 0.3) is 0 Å². The number of hydrogen-bond donors (Lipinski definition) is 2. The summed E-state index contributed by atoms with van der Waals surface area (Å²) in [4.78, 5) is 26.8. The van der Waals surface area contributed by atoms with Crippen molar-refractivity contribution in [1.29, 1.82) is 0 Å². The number of benzene rings is 2. The number of aromatic amines is 1. The third-order valence-electron chi connectivity index (χ3n) is 4.97. The molecule has 0 aliphatic rings. The summed E-state index contributed by atoms with van der Waals surface area (Å²) in [5.74, 6) is 4.22. The first-order valence-electron chi connectivity index (χ1n) is 9.64. The van der Waals surface area contributed by atoms with Gasteiger partial charge in [-0.25, -0.2) is 9.59 Å². The van der Waals surface area contributed by atoms with E-state index in [1.54, 1.807) is 22.8 Å². The fraction of sp³-hybridized carbons (Fsp3) is 0.200. The van der Waals surface area contributed by atoms with Crippen LogP contribution in [-0.2, 0) is 19.4 Å². The van der Waals surface area contributed by atoms with Gasteiger partial charge in [0.05, 0.1) is 5.56 Å². The van der Waals surface area contributed by atoms with Crippen molar-refractivity contribution in [3.8, 4) is 35.8 Å². The fourth-order valence-electron chi connectivity index (χ4n) is 3.49. The molecule has 1 heterocycles. The minimum Gasteiger partial charge on any atom is -0.478 e. The molecule has 0 saturated heterocycles. The topological polar surface area (TPSA) is 75.1 Å². The van der Waals surface area contributed by atoms with Crippen molar-refractivity contribution in [2.24, 2.45) is 0 Å². The Kier molecular flexibility index (Phi) is 6.57. The van der Waals surface area contributed by atoms with Gasteiger partial charge in [-0.2, -0.15) is 0 Å². The van der Waals surface area contributed by atoms with Gasteiger partial charge in [0, 0.05) is 43.6 Å². The SMILES string of the molecule is C#CCCc1[nH]c(=O)n(CCC#C)c1Cc1ccc(-c2ccccc2C(=O)O)cc1. The molecule has 0 bridgehead atoms. The summed E-state index contributed by atoms with van der Waals surface area (Å²) in [5.41, 5.74) is 4.28. The van der Waals surface area contributed by atoms with E-state index in [2.05, 4.69) is 16.8 Å². The van der Waals surface area contributed by atoms with Gasteiger partial charge in [-0.1, -0.05) is 42.5 Å². The van der Waals surface area contributed by atoms with Gasteiger partial charge in [0.15, 0.2) is 0 Å². The molecule has 0 unspecified atom stereocenters. The molecule has 0 saturated carbocycles. The molecule has 0 amide bonds. The van der Waals surface area contributed by atoms with Crippen LogP contribution in [0, 0.1) is 24.7 Å². The maximum absolute atomic E-state index is 12.4. The molecule has 0 atom stereocenters. The van der Waals surface area contributed by atoms with Gasteiger partial charge in [-0.05, 0) is 22.8 Å². The van der Waals surface area contributed by atoms with Crippen LogP contribution >= 0.6 is 0 Å². The summed E-state index contributed by atoms with van der Waals surface area (Å²) in [6, 6.07) is 14.6. The third-order valence-corrected chi connectivity index (χ3v) is 4.97. The number of nitrogens with one attached hydrogen (secondary N) is 1. The highest BCUT2D eigenvalue weighted by Crippen LogP contribution is 2.25. The number of aromatic nitrogens is 2. The first-order chi connectivity index (χ1) is 14.5. The zero-order valence-corrected chi connectivity index (χ0v) is 16.5. The quantitative estimate of drug-likeness (QED) is 0.568. The van der Waals surface area contributed by atoms with Crippen LogP contribution in [0.5, 0.6) is 0 Å². The maximum atomic E-state index is 12.4. The number of H-pyrrole nitrogens is 1. The Balaban J connectivity index is 1.92. The van der Waals surface area contributed by atoms with Gasteiger partial charge in [0.1, 0.15) is 0 Å². The molecule has 3 rings (SSSR count). The smallest absolute Gasteiger partial charge is 0.336 e. The van der Waals surface area contributed by atoms with Gasteiger partial charge in [-0.3, -0.25) is 4.57 Å². The van der Waals surface area contributed by atoms with Crippen LogP contribution in [0.4, 0.5) is 0 Å². The van der Waals surface area contributed by atoms with Gasteiger partial charge < -0.3 is 10.1 Å². The number of imidazole rings is 1. The summed E-state index contributed by atoms with van der Waals surface area (Å²) >= 11 is 0. The minimum absolute atomic E-state index is 0.181.